The van der Waals surface area contributed by atoms with Gasteiger partial charge in [0.25, 0.3) is 0 Å². The van der Waals surface area contributed by atoms with Gasteiger partial charge < -0.3 is 15.6 Å². The van der Waals surface area contributed by atoms with Crippen molar-refractivity contribution in [3.63, 3.8) is 0 Å². The third-order valence-corrected chi connectivity index (χ3v) is 3.60. The molecule has 1 aliphatic rings. The predicted octanol–water partition coefficient (Wildman–Crippen LogP) is 0.726. The van der Waals surface area contributed by atoms with Crippen LogP contribution in [0.1, 0.15) is 39.0 Å². The molecule has 100 valence electrons. The van der Waals surface area contributed by atoms with Crippen LogP contribution in [0.5, 0.6) is 0 Å². The molecule has 0 heterocycles. The number of nitrogens with two attached hydrogens (primary N) is 1. The van der Waals surface area contributed by atoms with Crippen molar-refractivity contribution in [2.24, 2.45) is 5.73 Å². The van der Waals surface area contributed by atoms with Crippen molar-refractivity contribution < 1.29 is 14.6 Å². The van der Waals surface area contributed by atoms with Gasteiger partial charge in [-0.25, -0.2) is 0 Å². The molecule has 0 bridgehead atoms. The molecule has 17 heavy (non-hydrogen) atoms. The Balaban J connectivity index is 2.61. The lowest BCUT2D eigenvalue weighted by molar-refractivity contribution is -0.145. The first-order chi connectivity index (χ1) is 7.99. The molecule has 1 fully saturated rings. The average Bonchev–Trinajstić information content (AvgIpc) is 2.29. The first kappa shape index (κ1) is 14.4. The van der Waals surface area contributed by atoms with Crippen molar-refractivity contribution in [1.82, 2.24) is 5.32 Å². The zero-order valence-corrected chi connectivity index (χ0v) is 10.7. The number of carboxylic acids is 1. The summed E-state index contributed by atoms with van der Waals surface area (Å²) in [4.78, 5) is 11.3. The van der Waals surface area contributed by atoms with Crippen molar-refractivity contribution >= 4 is 5.97 Å². The minimum atomic E-state index is -0.949. The molecule has 1 aliphatic carbocycles. The lowest BCUT2D eigenvalue weighted by Crippen LogP contribution is -2.59. The number of nitrogens with one attached hydrogen (secondary N) is 1. The van der Waals surface area contributed by atoms with E-state index in [1.807, 2.05) is 0 Å². The van der Waals surface area contributed by atoms with Crippen LogP contribution in [-0.2, 0) is 9.53 Å². The van der Waals surface area contributed by atoms with Gasteiger partial charge in [0.1, 0.15) is 5.54 Å². The van der Waals surface area contributed by atoms with Crippen molar-refractivity contribution in [2.45, 2.75) is 56.7 Å². The summed E-state index contributed by atoms with van der Waals surface area (Å²) in [6, 6.07) is 0.159. The molecular formula is C12H24N2O3. The molecule has 4 N–H and O–H groups in total. The van der Waals surface area contributed by atoms with E-state index in [1.165, 1.54) is 0 Å². The van der Waals surface area contributed by atoms with Crippen molar-refractivity contribution in [3.8, 4) is 0 Å². The van der Waals surface area contributed by atoms with Gasteiger partial charge in [-0.3, -0.25) is 10.1 Å². The fraction of sp³-hybridized carbons (Fsp3) is 0.917. The summed E-state index contributed by atoms with van der Waals surface area (Å²) in [7, 11) is 1.58. The molecule has 0 saturated heterocycles. The minimum absolute atomic E-state index is 0.0602. The molecule has 0 aliphatic heterocycles. The van der Waals surface area contributed by atoms with Crippen molar-refractivity contribution in [3.05, 3.63) is 0 Å². The maximum Gasteiger partial charge on any atom is 0.323 e. The molecule has 0 aromatic heterocycles. The largest absolute Gasteiger partial charge is 0.480 e. The van der Waals surface area contributed by atoms with Gasteiger partial charge >= 0.3 is 5.97 Å². The van der Waals surface area contributed by atoms with Crippen LogP contribution in [-0.4, -0.2) is 42.4 Å². The Hall–Kier alpha value is -0.650. The third kappa shape index (κ3) is 3.94. The van der Waals surface area contributed by atoms with Gasteiger partial charge in [-0.15, -0.1) is 0 Å². The van der Waals surface area contributed by atoms with Gasteiger partial charge in [0.2, 0.25) is 0 Å². The number of carboxylic acid groups (broad SMARTS) is 1. The molecule has 3 atom stereocenters. The van der Waals surface area contributed by atoms with Crippen LogP contribution in [0.3, 0.4) is 0 Å². The lowest BCUT2D eigenvalue weighted by atomic mass is 9.87. The van der Waals surface area contributed by atoms with E-state index in [1.54, 1.807) is 14.0 Å². The first-order valence-corrected chi connectivity index (χ1v) is 6.25. The number of hydrogen-bond donors (Lipinski definition) is 3. The number of methoxy groups -OCH3 is 1. The van der Waals surface area contributed by atoms with Gasteiger partial charge in [0.15, 0.2) is 0 Å². The zero-order valence-electron chi connectivity index (χ0n) is 10.7. The molecule has 0 amide bonds. The molecule has 3 unspecified atom stereocenters. The Morgan fingerprint density at radius 3 is 2.71 bits per heavy atom. The summed E-state index contributed by atoms with van der Waals surface area (Å²) in [6.07, 6.45) is 4.63. The van der Waals surface area contributed by atoms with Crippen molar-refractivity contribution in [2.75, 3.05) is 13.7 Å². The van der Waals surface area contributed by atoms with E-state index >= 15 is 0 Å². The normalized spacial score (nSPS) is 28.6. The number of rotatable bonds is 6. The zero-order chi connectivity index (χ0) is 12.9. The number of aliphatic carboxylic acids is 1. The molecular weight excluding hydrogens is 220 g/mol. The van der Waals surface area contributed by atoms with Crippen LogP contribution >= 0.6 is 0 Å². The van der Waals surface area contributed by atoms with E-state index < -0.39 is 11.5 Å². The minimum Gasteiger partial charge on any atom is -0.480 e. The van der Waals surface area contributed by atoms with Crippen molar-refractivity contribution in [1.29, 1.82) is 0 Å². The van der Waals surface area contributed by atoms with Crippen LogP contribution in [0.15, 0.2) is 0 Å². The molecule has 1 saturated carbocycles. The third-order valence-electron chi connectivity index (χ3n) is 3.60. The van der Waals surface area contributed by atoms with E-state index in [2.05, 4.69) is 5.32 Å². The summed E-state index contributed by atoms with van der Waals surface area (Å²) in [6.45, 7) is 2.13. The van der Waals surface area contributed by atoms with Gasteiger partial charge in [-0.2, -0.15) is 0 Å². The number of hydrogen-bond acceptors (Lipinski definition) is 4. The fourth-order valence-corrected chi connectivity index (χ4v) is 2.29. The summed E-state index contributed by atoms with van der Waals surface area (Å²) >= 11 is 0. The second kappa shape index (κ2) is 6.33. The summed E-state index contributed by atoms with van der Waals surface area (Å²) < 4.78 is 4.97. The SMILES string of the molecule is COCCC(C)(NC1CCCCC1N)C(=O)O. The van der Waals surface area contributed by atoms with Gasteiger partial charge in [-0.05, 0) is 26.2 Å². The van der Waals surface area contributed by atoms with E-state index in [0.29, 0.717) is 13.0 Å². The van der Waals surface area contributed by atoms with Gasteiger partial charge in [0, 0.05) is 25.8 Å². The van der Waals surface area contributed by atoms with Crippen LogP contribution in [0.4, 0.5) is 0 Å². The molecule has 0 radical (unpaired) electrons. The number of carbonyl (C=O) groups is 1. The van der Waals surface area contributed by atoms with Crippen LogP contribution < -0.4 is 11.1 Å². The second-order valence-electron chi connectivity index (χ2n) is 5.08. The monoisotopic (exact) mass is 244 g/mol. The smallest absolute Gasteiger partial charge is 0.323 e. The Morgan fingerprint density at radius 1 is 1.53 bits per heavy atom. The van der Waals surface area contributed by atoms with E-state index in [9.17, 15) is 9.90 Å². The van der Waals surface area contributed by atoms with Crippen LogP contribution in [0, 0.1) is 0 Å². The van der Waals surface area contributed by atoms with Gasteiger partial charge in [-0.1, -0.05) is 12.8 Å². The Bertz CT molecular complexity index is 260. The molecule has 0 spiro atoms. The highest BCUT2D eigenvalue weighted by molar-refractivity contribution is 5.78. The van der Waals surface area contributed by atoms with E-state index in [0.717, 1.165) is 25.7 Å². The van der Waals surface area contributed by atoms with Gasteiger partial charge in [0.05, 0.1) is 0 Å². The van der Waals surface area contributed by atoms with Crippen LogP contribution in [0.25, 0.3) is 0 Å². The highest BCUT2D eigenvalue weighted by atomic mass is 16.5. The summed E-state index contributed by atoms with van der Waals surface area (Å²) in [5.74, 6) is -0.840. The Labute approximate surface area is 103 Å². The average molecular weight is 244 g/mol. The standard InChI is InChI=1S/C12H24N2O3/c1-12(11(15)16,7-8-17-2)14-10-6-4-3-5-9(10)13/h9-10,14H,3-8,13H2,1-2H3,(H,15,16). The topological polar surface area (TPSA) is 84.6 Å². The number of ether oxygens (including phenoxy) is 1. The summed E-state index contributed by atoms with van der Waals surface area (Å²) in [5, 5.41) is 12.5. The second-order valence-corrected chi connectivity index (χ2v) is 5.08. The molecule has 5 nitrogen and oxygen atoms in total. The molecule has 0 aromatic carbocycles. The Kier molecular flexibility index (Phi) is 5.36. The first-order valence-electron chi connectivity index (χ1n) is 6.25. The van der Waals surface area contributed by atoms with E-state index in [4.69, 9.17) is 10.5 Å². The Morgan fingerprint density at radius 2 is 2.18 bits per heavy atom. The quantitative estimate of drug-likeness (QED) is 0.641. The maximum atomic E-state index is 11.3. The maximum absolute atomic E-state index is 11.3. The van der Waals surface area contributed by atoms with Crippen LogP contribution in [0.2, 0.25) is 0 Å². The molecule has 5 heteroatoms. The summed E-state index contributed by atoms with van der Waals surface area (Å²) in [5.41, 5.74) is 5.08. The highest BCUT2D eigenvalue weighted by Crippen LogP contribution is 2.21. The predicted molar refractivity (Wildman–Crippen MR) is 65.9 cm³/mol. The fourth-order valence-electron chi connectivity index (χ4n) is 2.29. The lowest BCUT2D eigenvalue weighted by Gasteiger charge is -2.36. The molecule has 0 aromatic rings. The highest BCUT2D eigenvalue weighted by Gasteiger charge is 2.36. The van der Waals surface area contributed by atoms with E-state index in [-0.39, 0.29) is 12.1 Å². The molecule has 1 rings (SSSR count).